The van der Waals surface area contributed by atoms with Crippen LogP contribution in [-0.2, 0) is 17.8 Å². The SMILES string of the molecule is NC1CCC(OCc2cc(Cl)cc3c2OCC3)CC1. The summed E-state index contributed by atoms with van der Waals surface area (Å²) >= 11 is 6.14. The van der Waals surface area contributed by atoms with Crippen LogP contribution in [0.2, 0.25) is 5.02 Å². The van der Waals surface area contributed by atoms with Gasteiger partial charge in [0, 0.05) is 23.0 Å². The maximum absolute atomic E-state index is 6.14. The van der Waals surface area contributed by atoms with Crippen LogP contribution < -0.4 is 10.5 Å². The predicted molar refractivity (Wildman–Crippen MR) is 75.7 cm³/mol. The Balaban J connectivity index is 1.64. The van der Waals surface area contributed by atoms with E-state index in [-0.39, 0.29) is 0 Å². The molecule has 4 heteroatoms. The van der Waals surface area contributed by atoms with Crippen molar-refractivity contribution in [3.8, 4) is 5.75 Å². The highest BCUT2D eigenvalue weighted by Gasteiger charge is 2.21. The average molecular weight is 282 g/mol. The first-order valence-electron chi connectivity index (χ1n) is 7.03. The lowest BCUT2D eigenvalue weighted by molar-refractivity contribution is 0.0130. The smallest absolute Gasteiger partial charge is 0.128 e. The van der Waals surface area contributed by atoms with Crippen molar-refractivity contribution in [1.29, 1.82) is 0 Å². The van der Waals surface area contributed by atoms with Crippen LogP contribution >= 0.6 is 11.6 Å². The Labute approximate surface area is 119 Å². The third-order valence-corrected chi connectivity index (χ3v) is 4.24. The zero-order chi connectivity index (χ0) is 13.2. The van der Waals surface area contributed by atoms with E-state index >= 15 is 0 Å². The normalized spacial score (nSPS) is 26.0. The highest BCUT2D eigenvalue weighted by atomic mass is 35.5. The lowest BCUT2D eigenvalue weighted by Gasteiger charge is -2.26. The van der Waals surface area contributed by atoms with Crippen molar-refractivity contribution in [1.82, 2.24) is 0 Å². The van der Waals surface area contributed by atoms with Crippen molar-refractivity contribution < 1.29 is 9.47 Å². The molecule has 0 amide bonds. The maximum atomic E-state index is 6.14. The van der Waals surface area contributed by atoms with E-state index in [1.165, 1.54) is 5.56 Å². The van der Waals surface area contributed by atoms with Gasteiger partial charge in [0.05, 0.1) is 19.3 Å². The van der Waals surface area contributed by atoms with Gasteiger partial charge in [-0.3, -0.25) is 0 Å². The number of rotatable bonds is 3. The zero-order valence-corrected chi connectivity index (χ0v) is 11.8. The third kappa shape index (κ3) is 3.04. The Morgan fingerprint density at radius 2 is 2.05 bits per heavy atom. The van der Waals surface area contributed by atoms with Crippen LogP contribution in [0.1, 0.15) is 36.8 Å². The van der Waals surface area contributed by atoms with Crippen LogP contribution in [0.4, 0.5) is 0 Å². The van der Waals surface area contributed by atoms with Crippen LogP contribution in [0.25, 0.3) is 0 Å². The molecule has 0 saturated heterocycles. The Morgan fingerprint density at radius 3 is 2.84 bits per heavy atom. The minimum Gasteiger partial charge on any atom is -0.493 e. The summed E-state index contributed by atoms with van der Waals surface area (Å²) in [4.78, 5) is 0. The van der Waals surface area contributed by atoms with Gasteiger partial charge in [0.15, 0.2) is 0 Å². The van der Waals surface area contributed by atoms with Gasteiger partial charge >= 0.3 is 0 Å². The zero-order valence-electron chi connectivity index (χ0n) is 11.0. The molecule has 1 aliphatic carbocycles. The molecular weight excluding hydrogens is 262 g/mol. The van der Waals surface area contributed by atoms with Crippen molar-refractivity contribution in [2.75, 3.05) is 6.61 Å². The fourth-order valence-corrected chi connectivity index (χ4v) is 3.18. The first-order valence-corrected chi connectivity index (χ1v) is 7.41. The minimum absolute atomic E-state index is 0.329. The van der Waals surface area contributed by atoms with Crippen LogP contribution in [-0.4, -0.2) is 18.8 Å². The summed E-state index contributed by atoms with van der Waals surface area (Å²) in [6.07, 6.45) is 5.52. The van der Waals surface area contributed by atoms with Crippen molar-refractivity contribution in [2.45, 2.75) is 50.9 Å². The van der Waals surface area contributed by atoms with Crippen molar-refractivity contribution >= 4 is 11.6 Å². The molecule has 104 valence electrons. The van der Waals surface area contributed by atoms with Crippen molar-refractivity contribution in [3.63, 3.8) is 0 Å². The monoisotopic (exact) mass is 281 g/mol. The van der Waals surface area contributed by atoms with Gasteiger partial charge in [-0.2, -0.15) is 0 Å². The number of hydrogen-bond donors (Lipinski definition) is 1. The average Bonchev–Trinajstić information content (AvgIpc) is 2.85. The van der Waals surface area contributed by atoms with Gasteiger partial charge in [0.2, 0.25) is 0 Å². The van der Waals surface area contributed by atoms with Crippen molar-refractivity contribution in [3.05, 3.63) is 28.3 Å². The fourth-order valence-electron chi connectivity index (χ4n) is 2.92. The third-order valence-electron chi connectivity index (χ3n) is 4.02. The molecule has 0 unspecified atom stereocenters. The molecule has 1 aromatic carbocycles. The van der Waals surface area contributed by atoms with Crippen LogP contribution in [0.15, 0.2) is 12.1 Å². The highest BCUT2D eigenvalue weighted by molar-refractivity contribution is 6.30. The molecule has 1 aromatic rings. The van der Waals surface area contributed by atoms with Gasteiger partial charge < -0.3 is 15.2 Å². The lowest BCUT2D eigenvalue weighted by Crippen LogP contribution is -2.30. The predicted octanol–water partition coefficient (Wildman–Crippen LogP) is 3.06. The molecule has 0 bridgehead atoms. The summed E-state index contributed by atoms with van der Waals surface area (Å²) in [5, 5.41) is 0.772. The summed E-state index contributed by atoms with van der Waals surface area (Å²) in [5.74, 6) is 0.983. The van der Waals surface area contributed by atoms with Gasteiger partial charge in [-0.25, -0.2) is 0 Å². The fraction of sp³-hybridized carbons (Fsp3) is 0.600. The number of fused-ring (bicyclic) bond motifs is 1. The molecule has 0 radical (unpaired) electrons. The molecule has 0 atom stereocenters. The quantitative estimate of drug-likeness (QED) is 0.926. The van der Waals surface area contributed by atoms with Gasteiger partial charge in [-0.05, 0) is 43.4 Å². The second-order valence-electron chi connectivity index (χ2n) is 5.50. The Hall–Kier alpha value is -0.770. The van der Waals surface area contributed by atoms with Gasteiger partial charge in [-0.15, -0.1) is 0 Å². The largest absolute Gasteiger partial charge is 0.493 e. The van der Waals surface area contributed by atoms with Gasteiger partial charge in [0.25, 0.3) is 0 Å². The van der Waals surface area contributed by atoms with Crippen molar-refractivity contribution in [2.24, 2.45) is 5.73 Å². The summed E-state index contributed by atoms with van der Waals surface area (Å²) in [6.45, 7) is 1.34. The number of halogens is 1. The Kier molecular flexibility index (Phi) is 3.96. The molecule has 19 heavy (non-hydrogen) atoms. The molecule has 1 fully saturated rings. The second-order valence-corrected chi connectivity index (χ2v) is 5.94. The molecule has 1 aliphatic heterocycles. The van der Waals surface area contributed by atoms with Gasteiger partial charge in [0.1, 0.15) is 5.75 Å². The highest BCUT2D eigenvalue weighted by Crippen LogP contribution is 2.34. The molecule has 1 saturated carbocycles. The van der Waals surface area contributed by atoms with Crippen LogP contribution in [0.5, 0.6) is 5.75 Å². The van der Waals surface area contributed by atoms with E-state index in [0.717, 1.165) is 55.0 Å². The minimum atomic E-state index is 0.329. The van der Waals surface area contributed by atoms with E-state index in [0.29, 0.717) is 18.8 Å². The summed E-state index contributed by atoms with van der Waals surface area (Å²) in [5.41, 5.74) is 8.19. The molecule has 1 heterocycles. The lowest BCUT2D eigenvalue weighted by atomic mass is 9.94. The standard InChI is InChI=1S/C15H20ClNO2/c16-12-7-10-5-6-18-15(10)11(8-12)9-19-14-3-1-13(17)2-4-14/h7-8,13-14H,1-6,9,17H2. The first kappa shape index (κ1) is 13.2. The van der Waals surface area contributed by atoms with E-state index in [1.54, 1.807) is 0 Å². The molecule has 3 rings (SSSR count). The van der Waals surface area contributed by atoms with E-state index in [9.17, 15) is 0 Å². The Morgan fingerprint density at radius 1 is 1.26 bits per heavy atom. The number of nitrogens with two attached hydrogens (primary N) is 1. The Bertz CT molecular complexity index is 456. The molecule has 2 N–H and O–H groups in total. The summed E-state index contributed by atoms with van der Waals surface area (Å²) in [7, 11) is 0. The van der Waals surface area contributed by atoms with E-state index in [4.69, 9.17) is 26.8 Å². The van der Waals surface area contributed by atoms with E-state index in [1.807, 2.05) is 12.1 Å². The van der Waals surface area contributed by atoms with Crippen LogP contribution in [0.3, 0.4) is 0 Å². The molecule has 0 aromatic heterocycles. The molecule has 0 spiro atoms. The molecular formula is C15H20ClNO2. The topological polar surface area (TPSA) is 44.5 Å². The molecule has 2 aliphatic rings. The first-order chi connectivity index (χ1) is 9.22. The number of hydrogen-bond acceptors (Lipinski definition) is 3. The number of benzene rings is 1. The van der Waals surface area contributed by atoms with E-state index < -0.39 is 0 Å². The maximum Gasteiger partial charge on any atom is 0.128 e. The summed E-state index contributed by atoms with van der Waals surface area (Å²) in [6, 6.07) is 4.31. The molecule has 3 nitrogen and oxygen atoms in total. The van der Waals surface area contributed by atoms with Crippen LogP contribution in [0, 0.1) is 0 Å². The van der Waals surface area contributed by atoms with Gasteiger partial charge in [-0.1, -0.05) is 11.6 Å². The van der Waals surface area contributed by atoms with E-state index in [2.05, 4.69) is 0 Å². The number of ether oxygens (including phenoxy) is 2. The summed E-state index contributed by atoms with van der Waals surface area (Å²) < 4.78 is 11.7. The second kappa shape index (κ2) is 5.70.